The molecule has 78 valence electrons. The first-order valence-electron chi connectivity index (χ1n) is 4.42. The summed E-state index contributed by atoms with van der Waals surface area (Å²) in [5.41, 5.74) is 6.14. The van der Waals surface area contributed by atoms with Crippen molar-refractivity contribution in [3.05, 3.63) is 24.0 Å². The van der Waals surface area contributed by atoms with Gasteiger partial charge in [-0.15, -0.1) is 12.3 Å². The second-order valence-electron chi connectivity index (χ2n) is 2.98. The van der Waals surface area contributed by atoms with Gasteiger partial charge in [0.25, 0.3) is 0 Å². The average Bonchev–Trinajstić information content (AvgIpc) is 2.20. The Labute approximate surface area is 87.5 Å². The van der Waals surface area contributed by atoms with Gasteiger partial charge >= 0.3 is 0 Å². The summed E-state index contributed by atoms with van der Waals surface area (Å²) >= 11 is 0. The summed E-state index contributed by atoms with van der Waals surface area (Å²) in [6, 6.07) is 3.79. The van der Waals surface area contributed by atoms with E-state index in [1.807, 2.05) is 0 Å². The number of hydrogen-bond donors (Lipinski definition) is 2. The maximum absolute atomic E-state index is 12.8. The normalized spacial score (nSPS) is 9.33. The molecule has 0 unspecified atom stereocenters. The van der Waals surface area contributed by atoms with Crippen molar-refractivity contribution >= 4 is 17.3 Å². The first-order valence-corrected chi connectivity index (χ1v) is 4.42. The molecular formula is C11H11FN2O. The molecule has 4 heteroatoms. The van der Waals surface area contributed by atoms with Gasteiger partial charge in [-0.1, -0.05) is 0 Å². The molecule has 3 nitrogen and oxygen atoms in total. The third-order valence-electron chi connectivity index (χ3n) is 1.79. The lowest BCUT2D eigenvalue weighted by molar-refractivity contribution is -0.116. The molecule has 0 aliphatic heterocycles. The topological polar surface area (TPSA) is 55.1 Å². The number of halogens is 1. The highest BCUT2D eigenvalue weighted by atomic mass is 19.1. The molecular weight excluding hydrogens is 195 g/mol. The molecule has 0 spiro atoms. The van der Waals surface area contributed by atoms with E-state index in [1.54, 1.807) is 0 Å². The van der Waals surface area contributed by atoms with Crippen LogP contribution in [0.1, 0.15) is 12.8 Å². The van der Waals surface area contributed by atoms with Gasteiger partial charge in [0.05, 0.1) is 11.4 Å². The fourth-order valence-electron chi connectivity index (χ4n) is 1.04. The van der Waals surface area contributed by atoms with Crippen molar-refractivity contribution in [2.75, 3.05) is 11.1 Å². The highest BCUT2D eigenvalue weighted by molar-refractivity contribution is 5.93. The smallest absolute Gasteiger partial charge is 0.225 e. The molecule has 0 aromatic heterocycles. The number of terminal acetylenes is 1. The van der Waals surface area contributed by atoms with Crippen molar-refractivity contribution in [3.8, 4) is 12.3 Å². The van der Waals surface area contributed by atoms with Crippen LogP contribution >= 0.6 is 0 Å². The first-order chi connectivity index (χ1) is 7.13. The van der Waals surface area contributed by atoms with Crippen LogP contribution in [0.15, 0.2) is 18.2 Å². The predicted octanol–water partition coefficient (Wildman–Crippen LogP) is 1.76. The van der Waals surface area contributed by atoms with Gasteiger partial charge in [-0.3, -0.25) is 4.79 Å². The fourth-order valence-corrected chi connectivity index (χ4v) is 1.04. The zero-order valence-corrected chi connectivity index (χ0v) is 8.09. The molecule has 0 radical (unpaired) electrons. The lowest BCUT2D eigenvalue weighted by atomic mass is 10.2. The molecule has 0 bridgehead atoms. The Morgan fingerprint density at radius 1 is 1.60 bits per heavy atom. The molecule has 0 atom stereocenters. The van der Waals surface area contributed by atoms with Crippen molar-refractivity contribution in [1.29, 1.82) is 0 Å². The van der Waals surface area contributed by atoms with E-state index in [4.69, 9.17) is 12.2 Å². The average molecular weight is 206 g/mol. The van der Waals surface area contributed by atoms with Gasteiger partial charge in [-0.25, -0.2) is 4.39 Å². The minimum atomic E-state index is -0.448. The number of rotatable bonds is 3. The molecule has 0 fully saturated rings. The highest BCUT2D eigenvalue weighted by Gasteiger charge is 2.05. The van der Waals surface area contributed by atoms with Gasteiger partial charge in [0.15, 0.2) is 0 Å². The van der Waals surface area contributed by atoms with Crippen LogP contribution in [0.2, 0.25) is 0 Å². The second-order valence-corrected chi connectivity index (χ2v) is 2.98. The summed E-state index contributed by atoms with van der Waals surface area (Å²) < 4.78 is 12.8. The van der Waals surface area contributed by atoms with E-state index >= 15 is 0 Å². The Balaban J connectivity index is 2.68. The molecule has 1 aromatic rings. The number of nitrogens with one attached hydrogen (secondary N) is 1. The maximum atomic E-state index is 12.8. The number of amides is 1. The molecule has 0 heterocycles. The van der Waals surface area contributed by atoms with Gasteiger partial charge in [0.2, 0.25) is 5.91 Å². The zero-order chi connectivity index (χ0) is 11.3. The van der Waals surface area contributed by atoms with E-state index in [1.165, 1.54) is 18.2 Å². The molecule has 0 aliphatic carbocycles. The van der Waals surface area contributed by atoms with Crippen LogP contribution in [0.3, 0.4) is 0 Å². The molecule has 0 saturated heterocycles. The number of anilines is 2. The largest absolute Gasteiger partial charge is 0.397 e. The monoisotopic (exact) mass is 206 g/mol. The standard InChI is InChI=1S/C11H11FN2O/c1-2-3-4-11(15)14-10-7-8(12)5-6-9(10)13/h1,5-7H,3-4,13H2,(H,14,15). The predicted molar refractivity (Wildman–Crippen MR) is 57.5 cm³/mol. The van der Waals surface area contributed by atoms with Crippen LogP contribution in [0.4, 0.5) is 15.8 Å². The number of benzene rings is 1. The summed E-state index contributed by atoms with van der Waals surface area (Å²) in [6.07, 6.45) is 5.56. The van der Waals surface area contributed by atoms with Crippen LogP contribution in [0.5, 0.6) is 0 Å². The number of carbonyl (C=O) groups excluding carboxylic acids is 1. The molecule has 1 aromatic carbocycles. The van der Waals surface area contributed by atoms with Gasteiger partial charge in [-0.2, -0.15) is 0 Å². The van der Waals surface area contributed by atoms with E-state index in [0.29, 0.717) is 12.1 Å². The van der Waals surface area contributed by atoms with E-state index in [9.17, 15) is 9.18 Å². The summed E-state index contributed by atoms with van der Waals surface area (Å²) in [5, 5.41) is 2.49. The molecule has 0 saturated carbocycles. The van der Waals surface area contributed by atoms with E-state index in [0.717, 1.165) is 0 Å². The van der Waals surface area contributed by atoms with E-state index in [2.05, 4.69) is 11.2 Å². The van der Waals surface area contributed by atoms with Gasteiger partial charge < -0.3 is 11.1 Å². The number of hydrogen-bond acceptors (Lipinski definition) is 2. The van der Waals surface area contributed by atoms with Crippen LogP contribution in [0.25, 0.3) is 0 Å². The van der Waals surface area contributed by atoms with E-state index < -0.39 is 5.82 Å². The van der Waals surface area contributed by atoms with Crippen molar-refractivity contribution in [2.45, 2.75) is 12.8 Å². The first kappa shape index (κ1) is 11.1. The van der Waals surface area contributed by atoms with Crippen LogP contribution in [-0.2, 0) is 4.79 Å². The van der Waals surface area contributed by atoms with E-state index in [-0.39, 0.29) is 18.0 Å². The second kappa shape index (κ2) is 5.01. The van der Waals surface area contributed by atoms with Crippen LogP contribution < -0.4 is 11.1 Å². The summed E-state index contributed by atoms with van der Waals surface area (Å²) in [6.45, 7) is 0. The highest BCUT2D eigenvalue weighted by Crippen LogP contribution is 2.19. The maximum Gasteiger partial charge on any atom is 0.225 e. The Bertz CT molecular complexity index is 410. The summed E-state index contributed by atoms with van der Waals surface area (Å²) in [4.78, 5) is 11.3. The van der Waals surface area contributed by atoms with Gasteiger partial charge in [0, 0.05) is 12.8 Å². The van der Waals surface area contributed by atoms with Crippen molar-refractivity contribution in [1.82, 2.24) is 0 Å². The molecule has 1 amide bonds. The lowest BCUT2D eigenvalue weighted by Gasteiger charge is -2.06. The Morgan fingerprint density at radius 3 is 3.00 bits per heavy atom. The quantitative estimate of drug-likeness (QED) is 0.584. The molecule has 0 aliphatic rings. The Hall–Kier alpha value is -2.02. The van der Waals surface area contributed by atoms with Crippen molar-refractivity contribution in [2.24, 2.45) is 0 Å². The minimum Gasteiger partial charge on any atom is -0.397 e. The summed E-state index contributed by atoms with van der Waals surface area (Å²) in [7, 11) is 0. The SMILES string of the molecule is C#CCCC(=O)Nc1cc(F)ccc1N. The van der Waals surface area contributed by atoms with Crippen LogP contribution in [-0.4, -0.2) is 5.91 Å². The zero-order valence-electron chi connectivity index (χ0n) is 8.09. The molecule has 15 heavy (non-hydrogen) atoms. The summed E-state index contributed by atoms with van der Waals surface area (Å²) in [5.74, 6) is 1.62. The van der Waals surface area contributed by atoms with Crippen molar-refractivity contribution < 1.29 is 9.18 Å². The number of nitrogen functional groups attached to an aromatic ring is 1. The Kier molecular flexibility index (Phi) is 3.69. The molecule has 3 N–H and O–H groups in total. The van der Waals surface area contributed by atoms with Gasteiger partial charge in [0.1, 0.15) is 5.82 Å². The van der Waals surface area contributed by atoms with Crippen LogP contribution in [0, 0.1) is 18.2 Å². The third kappa shape index (κ3) is 3.31. The number of nitrogens with two attached hydrogens (primary N) is 1. The third-order valence-corrected chi connectivity index (χ3v) is 1.79. The lowest BCUT2D eigenvalue weighted by Crippen LogP contribution is -2.12. The molecule has 1 rings (SSSR count). The van der Waals surface area contributed by atoms with Gasteiger partial charge in [-0.05, 0) is 18.2 Å². The number of carbonyl (C=O) groups is 1. The fraction of sp³-hybridized carbons (Fsp3) is 0.182. The van der Waals surface area contributed by atoms with Crippen molar-refractivity contribution in [3.63, 3.8) is 0 Å². The minimum absolute atomic E-state index is 0.201. The Morgan fingerprint density at radius 2 is 2.33 bits per heavy atom.